The molecule has 0 radical (unpaired) electrons. The predicted octanol–water partition coefficient (Wildman–Crippen LogP) is 2.34. The largest absolute Gasteiger partial charge is 0.387 e. The molecule has 3 aromatic rings. The van der Waals surface area contributed by atoms with E-state index in [-0.39, 0.29) is 12.5 Å². The van der Waals surface area contributed by atoms with Crippen molar-refractivity contribution in [2.24, 2.45) is 0 Å². The van der Waals surface area contributed by atoms with Crippen LogP contribution in [0.25, 0.3) is 11.0 Å². The molecule has 0 spiro atoms. The SMILES string of the molecule is CN(CC1(O)CCN(Cc2ccccc2)C1)C(=O)c1cnc2ccccc2n1. The van der Waals surface area contributed by atoms with Gasteiger partial charge < -0.3 is 10.0 Å². The molecule has 1 atom stereocenters. The second-order valence-electron chi connectivity index (χ2n) is 7.58. The van der Waals surface area contributed by atoms with E-state index in [1.807, 2.05) is 42.5 Å². The third-order valence-electron chi connectivity index (χ3n) is 5.21. The van der Waals surface area contributed by atoms with Crippen LogP contribution in [-0.4, -0.2) is 63.1 Å². The van der Waals surface area contributed by atoms with Crippen molar-refractivity contribution in [2.75, 3.05) is 26.7 Å². The number of carbonyl (C=O) groups excluding carboxylic acids is 1. The number of likely N-dealkylation sites (N-methyl/N-ethyl adjacent to an activating group) is 1. The molecule has 1 amide bonds. The Morgan fingerprint density at radius 1 is 1.14 bits per heavy atom. The maximum atomic E-state index is 12.8. The van der Waals surface area contributed by atoms with Crippen LogP contribution in [0.5, 0.6) is 0 Å². The molecule has 1 aromatic heterocycles. The number of hydrogen-bond acceptors (Lipinski definition) is 5. The van der Waals surface area contributed by atoms with Gasteiger partial charge in [0.05, 0.1) is 29.4 Å². The Hall–Kier alpha value is -2.83. The highest BCUT2D eigenvalue weighted by Crippen LogP contribution is 2.24. The lowest BCUT2D eigenvalue weighted by Crippen LogP contribution is -2.45. The van der Waals surface area contributed by atoms with Crippen LogP contribution >= 0.6 is 0 Å². The predicted molar refractivity (Wildman–Crippen MR) is 108 cm³/mol. The minimum atomic E-state index is -0.913. The third kappa shape index (κ3) is 4.03. The first-order valence-electron chi connectivity index (χ1n) is 9.48. The lowest BCUT2D eigenvalue weighted by molar-refractivity contribution is 0.0168. The molecule has 144 valence electrons. The number of benzene rings is 2. The lowest BCUT2D eigenvalue weighted by Gasteiger charge is -2.29. The number of hydrogen-bond donors (Lipinski definition) is 1. The van der Waals surface area contributed by atoms with Gasteiger partial charge in [-0.15, -0.1) is 0 Å². The number of carbonyl (C=O) groups is 1. The van der Waals surface area contributed by atoms with Gasteiger partial charge in [0.25, 0.3) is 5.91 Å². The van der Waals surface area contributed by atoms with Gasteiger partial charge in [-0.1, -0.05) is 42.5 Å². The van der Waals surface area contributed by atoms with Crippen molar-refractivity contribution in [3.05, 3.63) is 72.1 Å². The maximum Gasteiger partial charge on any atom is 0.273 e. The van der Waals surface area contributed by atoms with Crippen LogP contribution in [0.3, 0.4) is 0 Å². The van der Waals surface area contributed by atoms with Crippen LogP contribution in [0, 0.1) is 0 Å². The smallest absolute Gasteiger partial charge is 0.273 e. The van der Waals surface area contributed by atoms with E-state index in [0.717, 1.165) is 18.6 Å². The monoisotopic (exact) mass is 376 g/mol. The van der Waals surface area contributed by atoms with Crippen LogP contribution in [0.2, 0.25) is 0 Å². The Kier molecular flexibility index (Phi) is 5.07. The average Bonchev–Trinajstić information content (AvgIpc) is 3.07. The summed E-state index contributed by atoms with van der Waals surface area (Å²) in [5.41, 5.74) is 2.05. The molecule has 6 nitrogen and oxygen atoms in total. The molecular formula is C22H24N4O2. The summed E-state index contributed by atoms with van der Waals surface area (Å²) in [6, 6.07) is 17.7. The summed E-state index contributed by atoms with van der Waals surface area (Å²) in [4.78, 5) is 25.3. The zero-order chi connectivity index (χ0) is 19.6. The highest BCUT2D eigenvalue weighted by Gasteiger charge is 2.38. The Balaban J connectivity index is 1.40. The van der Waals surface area contributed by atoms with Crippen molar-refractivity contribution in [1.29, 1.82) is 0 Å². The lowest BCUT2D eigenvalue weighted by atomic mass is 10.0. The van der Waals surface area contributed by atoms with Crippen LogP contribution in [0.4, 0.5) is 0 Å². The topological polar surface area (TPSA) is 69.6 Å². The van der Waals surface area contributed by atoms with E-state index < -0.39 is 5.60 Å². The van der Waals surface area contributed by atoms with Gasteiger partial charge in [0.15, 0.2) is 0 Å². The summed E-state index contributed by atoms with van der Waals surface area (Å²) in [7, 11) is 1.71. The Morgan fingerprint density at radius 3 is 2.64 bits per heavy atom. The molecular weight excluding hydrogens is 352 g/mol. The van der Waals surface area contributed by atoms with E-state index in [4.69, 9.17) is 0 Å². The summed E-state index contributed by atoms with van der Waals surface area (Å²) in [6.45, 7) is 2.43. The number of β-amino-alcohol motifs (C(OH)–C–C–N with tert-alkyl or cyclic N) is 1. The van der Waals surface area contributed by atoms with E-state index in [1.165, 1.54) is 11.8 Å². The van der Waals surface area contributed by atoms with E-state index in [2.05, 4.69) is 27.0 Å². The van der Waals surface area contributed by atoms with E-state index >= 15 is 0 Å². The van der Waals surface area contributed by atoms with Crippen molar-refractivity contribution >= 4 is 16.9 Å². The van der Waals surface area contributed by atoms with Crippen LogP contribution in [0.1, 0.15) is 22.5 Å². The molecule has 1 aliphatic rings. The van der Waals surface area contributed by atoms with E-state index in [0.29, 0.717) is 24.2 Å². The van der Waals surface area contributed by atoms with Crippen molar-refractivity contribution in [2.45, 2.75) is 18.6 Å². The van der Waals surface area contributed by atoms with E-state index in [9.17, 15) is 9.90 Å². The van der Waals surface area contributed by atoms with Crippen molar-refractivity contribution in [3.8, 4) is 0 Å². The Labute approximate surface area is 164 Å². The van der Waals surface area contributed by atoms with Gasteiger partial charge in [-0.25, -0.2) is 4.98 Å². The summed E-state index contributed by atoms with van der Waals surface area (Å²) in [6.07, 6.45) is 2.14. The highest BCUT2D eigenvalue weighted by molar-refractivity contribution is 5.93. The molecule has 4 rings (SSSR count). The molecule has 0 bridgehead atoms. The first kappa shape index (κ1) is 18.5. The number of fused-ring (bicyclic) bond motifs is 1. The molecule has 1 unspecified atom stereocenters. The first-order chi connectivity index (χ1) is 13.5. The molecule has 1 fully saturated rings. The maximum absolute atomic E-state index is 12.8. The van der Waals surface area contributed by atoms with Crippen molar-refractivity contribution < 1.29 is 9.90 Å². The van der Waals surface area contributed by atoms with Crippen LogP contribution in [-0.2, 0) is 6.54 Å². The number of aromatic nitrogens is 2. The van der Waals surface area contributed by atoms with Gasteiger partial charge in [0, 0.05) is 26.7 Å². The van der Waals surface area contributed by atoms with Crippen LogP contribution in [0.15, 0.2) is 60.8 Å². The van der Waals surface area contributed by atoms with Gasteiger partial charge in [-0.2, -0.15) is 0 Å². The number of amides is 1. The second kappa shape index (κ2) is 7.66. The summed E-state index contributed by atoms with van der Waals surface area (Å²) >= 11 is 0. The second-order valence-corrected chi connectivity index (χ2v) is 7.58. The quantitative estimate of drug-likeness (QED) is 0.740. The Bertz CT molecular complexity index is 978. The molecule has 28 heavy (non-hydrogen) atoms. The van der Waals surface area contributed by atoms with Gasteiger partial charge in [-0.05, 0) is 24.1 Å². The number of nitrogens with zero attached hydrogens (tertiary/aromatic N) is 4. The minimum absolute atomic E-state index is 0.229. The van der Waals surface area contributed by atoms with Crippen LogP contribution < -0.4 is 0 Å². The van der Waals surface area contributed by atoms with E-state index in [1.54, 1.807) is 11.9 Å². The molecule has 0 saturated carbocycles. The number of likely N-dealkylation sites (tertiary alicyclic amines) is 1. The molecule has 2 aromatic carbocycles. The Morgan fingerprint density at radius 2 is 1.86 bits per heavy atom. The molecule has 2 heterocycles. The zero-order valence-electron chi connectivity index (χ0n) is 16.0. The fourth-order valence-electron chi connectivity index (χ4n) is 3.82. The molecule has 1 N–H and O–H groups in total. The molecule has 1 saturated heterocycles. The fourth-order valence-corrected chi connectivity index (χ4v) is 3.82. The summed E-state index contributed by atoms with van der Waals surface area (Å²) in [5, 5.41) is 11.0. The van der Waals surface area contributed by atoms with Gasteiger partial charge >= 0.3 is 0 Å². The highest BCUT2D eigenvalue weighted by atomic mass is 16.3. The van der Waals surface area contributed by atoms with Gasteiger partial charge in [0.2, 0.25) is 0 Å². The number of aliphatic hydroxyl groups is 1. The standard InChI is InChI=1S/C22H24N4O2/c1-25(21(27)20-13-23-18-9-5-6-10-19(18)24-20)15-22(28)11-12-26(16-22)14-17-7-3-2-4-8-17/h2-10,13,28H,11-12,14-16H2,1H3. The minimum Gasteiger partial charge on any atom is -0.387 e. The third-order valence-corrected chi connectivity index (χ3v) is 5.21. The average molecular weight is 376 g/mol. The van der Waals surface area contributed by atoms with Gasteiger partial charge in [-0.3, -0.25) is 14.7 Å². The molecule has 6 heteroatoms. The van der Waals surface area contributed by atoms with Crippen molar-refractivity contribution in [3.63, 3.8) is 0 Å². The van der Waals surface area contributed by atoms with Crippen molar-refractivity contribution in [1.82, 2.24) is 19.8 Å². The normalized spacial score (nSPS) is 19.8. The fraction of sp³-hybridized carbons (Fsp3) is 0.318. The number of para-hydroxylation sites is 2. The number of rotatable bonds is 5. The molecule has 0 aliphatic carbocycles. The summed E-state index contributed by atoms with van der Waals surface area (Å²) in [5.74, 6) is -0.229. The molecule has 1 aliphatic heterocycles. The summed E-state index contributed by atoms with van der Waals surface area (Å²) < 4.78 is 0. The van der Waals surface area contributed by atoms with Gasteiger partial charge in [0.1, 0.15) is 5.69 Å². The first-order valence-corrected chi connectivity index (χ1v) is 9.48. The zero-order valence-corrected chi connectivity index (χ0v) is 16.0.